The van der Waals surface area contributed by atoms with Gasteiger partial charge in [0.25, 0.3) is 0 Å². The Kier molecular flexibility index (Phi) is 5.07. The van der Waals surface area contributed by atoms with Gasteiger partial charge in [-0.3, -0.25) is 4.90 Å². The summed E-state index contributed by atoms with van der Waals surface area (Å²) >= 11 is 0. The van der Waals surface area contributed by atoms with Crippen LogP contribution in [0.2, 0.25) is 0 Å². The van der Waals surface area contributed by atoms with Crippen molar-refractivity contribution in [2.75, 3.05) is 6.54 Å². The summed E-state index contributed by atoms with van der Waals surface area (Å²) in [6.07, 6.45) is -2.01. The van der Waals surface area contributed by atoms with Crippen molar-refractivity contribution in [3.8, 4) is 0 Å². The summed E-state index contributed by atoms with van der Waals surface area (Å²) in [7, 11) is 1.92. The van der Waals surface area contributed by atoms with Gasteiger partial charge < -0.3 is 8.98 Å². The van der Waals surface area contributed by atoms with E-state index in [-0.39, 0.29) is 17.8 Å². The molecule has 1 fully saturated rings. The van der Waals surface area contributed by atoms with Crippen molar-refractivity contribution in [1.82, 2.24) is 29.9 Å². The van der Waals surface area contributed by atoms with E-state index >= 15 is 0 Å². The van der Waals surface area contributed by atoms with Gasteiger partial charge in [-0.05, 0) is 19.4 Å². The third-order valence-electron chi connectivity index (χ3n) is 4.45. The Morgan fingerprint density at radius 1 is 1.12 bits per heavy atom. The second-order valence-corrected chi connectivity index (χ2v) is 6.25. The number of hydrogen-bond donors (Lipinski definition) is 0. The maximum absolute atomic E-state index is 12.5. The number of hydrogen-bond acceptors (Lipinski definition) is 6. The predicted octanol–water partition coefficient (Wildman–Crippen LogP) is 2.59. The molecule has 1 aliphatic heterocycles. The van der Waals surface area contributed by atoms with Gasteiger partial charge in [-0.25, -0.2) is 0 Å². The molecule has 138 valence electrons. The monoisotopic (exact) mass is 358 g/mol. The fourth-order valence-electron chi connectivity index (χ4n) is 3.13. The van der Waals surface area contributed by atoms with Crippen LogP contribution >= 0.6 is 0 Å². The van der Waals surface area contributed by atoms with Crippen molar-refractivity contribution < 1.29 is 17.6 Å². The second kappa shape index (κ2) is 7.11. The topological polar surface area (TPSA) is 72.9 Å². The Balaban J connectivity index is 1.75. The zero-order chi connectivity index (χ0) is 18.0. The molecule has 25 heavy (non-hydrogen) atoms. The summed E-state index contributed by atoms with van der Waals surface area (Å²) in [4.78, 5) is 2.12. The van der Waals surface area contributed by atoms with Crippen LogP contribution in [-0.2, 0) is 26.4 Å². The van der Waals surface area contributed by atoms with Gasteiger partial charge in [-0.2, -0.15) is 13.2 Å². The fourth-order valence-corrected chi connectivity index (χ4v) is 3.13. The first-order valence-corrected chi connectivity index (χ1v) is 8.37. The molecule has 0 radical (unpaired) electrons. The van der Waals surface area contributed by atoms with Crippen LogP contribution in [0.15, 0.2) is 4.42 Å². The van der Waals surface area contributed by atoms with Crippen molar-refractivity contribution in [2.24, 2.45) is 7.05 Å². The van der Waals surface area contributed by atoms with Crippen LogP contribution in [-0.4, -0.2) is 42.6 Å². The maximum Gasteiger partial charge on any atom is 0.397 e. The molecule has 1 unspecified atom stereocenters. The van der Waals surface area contributed by atoms with Crippen LogP contribution in [0.5, 0.6) is 0 Å². The molecule has 0 N–H and O–H groups in total. The largest absolute Gasteiger partial charge is 0.423 e. The minimum atomic E-state index is -4.36. The molecule has 3 rings (SSSR count). The Bertz CT molecular complexity index is 710. The Morgan fingerprint density at radius 3 is 2.56 bits per heavy atom. The van der Waals surface area contributed by atoms with Crippen molar-refractivity contribution >= 4 is 0 Å². The first-order valence-electron chi connectivity index (χ1n) is 8.37. The third kappa shape index (κ3) is 4.17. The van der Waals surface area contributed by atoms with Crippen LogP contribution in [0.3, 0.4) is 0 Å². The molecule has 10 heteroatoms. The smallest absolute Gasteiger partial charge is 0.397 e. The van der Waals surface area contributed by atoms with Gasteiger partial charge in [-0.15, -0.1) is 20.4 Å². The van der Waals surface area contributed by atoms with Gasteiger partial charge in [0.15, 0.2) is 0 Å². The highest BCUT2D eigenvalue weighted by Gasteiger charge is 2.34. The second-order valence-electron chi connectivity index (χ2n) is 6.25. The maximum atomic E-state index is 12.5. The average molecular weight is 358 g/mol. The molecule has 1 atom stereocenters. The molecular formula is C15H21F3N6O. The number of halogens is 3. The van der Waals surface area contributed by atoms with Crippen LogP contribution in [0.4, 0.5) is 13.2 Å². The number of aromatic nitrogens is 5. The van der Waals surface area contributed by atoms with Crippen LogP contribution in [0.25, 0.3) is 0 Å². The molecule has 0 aromatic carbocycles. The van der Waals surface area contributed by atoms with Crippen LogP contribution in [0, 0.1) is 0 Å². The van der Waals surface area contributed by atoms with E-state index in [1.807, 2.05) is 18.5 Å². The fraction of sp³-hybridized carbons (Fsp3) is 0.733. The number of alkyl halides is 3. The molecule has 2 aromatic rings. The van der Waals surface area contributed by atoms with Gasteiger partial charge in [0, 0.05) is 13.5 Å². The first-order chi connectivity index (χ1) is 11.9. The number of rotatable bonds is 5. The van der Waals surface area contributed by atoms with Gasteiger partial charge in [0.1, 0.15) is 18.1 Å². The third-order valence-corrected chi connectivity index (χ3v) is 4.45. The van der Waals surface area contributed by atoms with E-state index in [0.29, 0.717) is 6.54 Å². The molecule has 0 aliphatic carbocycles. The van der Waals surface area contributed by atoms with Gasteiger partial charge >= 0.3 is 6.18 Å². The van der Waals surface area contributed by atoms with E-state index in [4.69, 9.17) is 4.42 Å². The molecule has 0 amide bonds. The van der Waals surface area contributed by atoms with Gasteiger partial charge in [-0.1, -0.05) is 13.3 Å². The van der Waals surface area contributed by atoms with Crippen LogP contribution < -0.4 is 0 Å². The SMILES string of the molecule is CCc1nnc(CN2CCCCC2c2nnc(CC(F)(F)F)o2)n1C. The highest BCUT2D eigenvalue weighted by atomic mass is 19.4. The molecule has 3 heterocycles. The molecule has 2 aromatic heterocycles. The minimum Gasteiger partial charge on any atom is -0.423 e. The van der Waals surface area contributed by atoms with E-state index in [9.17, 15) is 13.2 Å². The summed E-state index contributed by atoms with van der Waals surface area (Å²) in [5, 5.41) is 15.8. The summed E-state index contributed by atoms with van der Waals surface area (Å²) in [5.41, 5.74) is 0. The number of nitrogens with zero attached hydrogens (tertiary/aromatic N) is 6. The van der Waals surface area contributed by atoms with E-state index in [1.54, 1.807) is 0 Å². The lowest BCUT2D eigenvalue weighted by Gasteiger charge is -2.32. The molecule has 1 saturated heterocycles. The molecule has 7 nitrogen and oxygen atoms in total. The van der Waals surface area contributed by atoms with E-state index in [0.717, 1.165) is 43.9 Å². The zero-order valence-corrected chi connectivity index (χ0v) is 14.3. The highest BCUT2D eigenvalue weighted by Crippen LogP contribution is 2.32. The lowest BCUT2D eigenvalue weighted by atomic mass is 10.0. The van der Waals surface area contributed by atoms with Gasteiger partial charge in [0.2, 0.25) is 11.8 Å². The van der Waals surface area contributed by atoms with Crippen molar-refractivity contribution in [3.63, 3.8) is 0 Å². The summed E-state index contributed by atoms with van der Waals surface area (Å²) in [6.45, 7) is 3.36. The predicted molar refractivity (Wildman–Crippen MR) is 81.4 cm³/mol. The van der Waals surface area contributed by atoms with E-state index < -0.39 is 12.6 Å². The van der Waals surface area contributed by atoms with E-state index in [2.05, 4.69) is 25.3 Å². The Morgan fingerprint density at radius 2 is 1.88 bits per heavy atom. The summed E-state index contributed by atoms with van der Waals surface area (Å²) in [6, 6.07) is -0.190. The van der Waals surface area contributed by atoms with Crippen molar-refractivity contribution in [3.05, 3.63) is 23.4 Å². The van der Waals surface area contributed by atoms with E-state index in [1.165, 1.54) is 0 Å². The Labute approximate surface area is 143 Å². The highest BCUT2D eigenvalue weighted by molar-refractivity contribution is 4.99. The molecule has 1 aliphatic rings. The lowest BCUT2D eigenvalue weighted by Crippen LogP contribution is -2.34. The number of aryl methyl sites for hydroxylation is 1. The molecule has 0 saturated carbocycles. The average Bonchev–Trinajstić information content (AvgIpc) is 3.14. The molecular weight excluding hydrogens is 337 g/mol. The van der Waals surface area contributed by atoms with Crippen molar-refractivity contribution in [2.45, 2.75) is 57.8 Å². The minimum absolute atomic E-state index is 0.190. The standard InChI is InChI=1S/C15H21F3N6O/c1-3-11-19-20-12(23(11)2)9-24-7-5-4-6-10(24)14-22-21-13(25-14)8-15(16,17)18/h10H,3-9H2,1-2H3. The van der Waals surface area contributed by atoms with Crippen LogP contribution in [0.1, 0.15) is 55.7 Å². The summed E-state index contributed by atoms with van der Waals surface area (Å²) in [5.74, 6) is 1.57. The molecule has 0 bridgehead atoms. The summed E-state index contributed by atoms with van der Waals surface area (Å²) < 4.78 is 44.7. The normalized spacial score (nSPS) is 19.5. The van der Waals surface area contributed by atoms with Gasteiger partial charge in [0.05, 0.1) is 12.6 Å². The van der Waals surface area contributed by atoms with Crippen molar-refractivity contribution in [1.29, 1.82) is 0 Å². The first kappa shape index (κ1) is 17.8. The zero-order valence-electron chi connectivity index (χ0n) is 14.3. The molecule has 0 spiro atoms. The number of piperidine rings is 1. The Hall–Kier alpha value is -1.97. The number of likely N-dealkylation sites (tertiary alicyclic amines) is 1. The lowest BCUT2D eigenvalue weighted by molar-refractivity contribution is -0.131. The quantitative estimate of drug-likeness (QED) is 0.818.